The molecule has 5 atom stereocenters. The van der Waals surface area contributed by atoms with E-state index in [1.165, 1.54) is 44.8 Å². The van der Waals surface area contributed by atoms with Crippen LogP contribution >= 0.6 is 0 Å². The fourth-order valence-electron chi connectivity index (χ4n) is 7.58. The summed E-state index contributed by atoms with van der Waals surface area (Å²) in [6.45, 7) is 2.19. The van der Waals surface area contributed by atoms with Crippen LogP contribution in [0.3, 0.4) is 0 Å². The second-order valence-corrected chi connectivity index (χ2v) is 14.6. The number of likely N-dealkylation sites (tertiary alicyclic amines) is 1. The Balaban J connectivity index is 1.25. The number of benzene rings is 1. The Hall–Kier alpha value is -1.19. The predicted molar refractivity (Wildman–Crippen MR) is 119 cm³/mol. The minimum absolute atomic E-state index is 0.00825. The van der Waals surface area contributed by atoms with E-state index in [0.717, 1.165) is 44.2 Å². The summed E-state index contributed by atoms with van der Waals surface area (Å²) in [5.74, 6) is 1.19. The first-order chi connectivity index (χ1) is 14.9. The maximum atomic E-state index is 13.5. The quantitative estimate of drug-likeness (QED) is 0.452. The molecule has 4 aliphatic carbocycles. The van der Waals surface area contributed by atoms with Gasteiger partial charge in [-0.1, -0.05) is 0 Å². The number of methoxy groups -OCH3 is 1. The van der Waals surface area contributed by atoms with Gasteiger partial charge in [0.2, 0.25) is 0 Å². The second-order valence-electron chi connectivity index (χ2n) is 10.7. The van der Waals surface area contributed by atoms with Crippen molar-refractivity contribution in [1.82, 2.24) is 4.90 Å². The van der Waals surface area contributed by atoms with Gasteiger partial charge < -0.3 is 0 Å². The van der Waals surface area contributed by atoms with Gasteiger partial charge in [0, 0.05) is 0 Å². The molecule has 1 aliphatic heterocycles. The fraction of sp³-hybridized carbons (Fsp3) is 0.680. The second kappa shape index (κ2) is 8.30. The Morgan fingerprint density at radius 3 is 2.35 bits per heavy atom. The third-order valence-electron chi connectivity index (χ3n) is 8.41. The number of esters is 1. The SMILES string of the molecule is COC(=O)C1CCN(CC(=O)[AsH]C23C[C@H]4C[C@@H](C2)CC(c2ccc(F)cc2)(C4)C3)CC1. The number of rotatable bonds is 6. The fourth-order valence-corrected chi connectivity index (χ4v) is 12.0. The van der Waals surface area contributed by atoms with Gasteiger partial charge in [-0.25, -0.2) is 0 Å². The molecule has 0 amide bonds. The van der Waals surface area contributed by atoms with Crippen molar-refractivity contribution in [2.75, 3.05) is 26.7 Å². The number of ether oxygens (including phenoxy) is 1. The molecule has 0 spiro atoms. The van der Waals surface area contributed by atoms with Crippen LogP contribution < -0.4 is 0 Å². The summed E-state index contributed by atoms with van der Waals surface area (Å²) in [6.07, 6.45) is 8.97. The molecule has 31 heavy (non-hydrogen) atoms. The van der Waals surface area contributed by atoms with Crippen LogP contribution in [-0.2, 0) is 19.7 Å². The van der Waals surface area contributed by atoms with Crippen LogP contribution in [0.5, 0.6) is 0 Å². The maximum absolute atomic E-state index is 13.5. The molecule has 4 bridgehead atoms. The van der Waals surface area contributed by atoms with E-state index in [1.54, 1.807) is 12.1 Å². The zero-order chi connectivity index (χ0) is 21.6. The zero-order valence-electron chi connectivity index (χ0n) is 18.4. The van der Waals surface area contributed by atoms with Crippen molar-refractivity contribution in [2.24, 2.45) is 17.8 Å². The van der Waals surface area contributed by atoms with E-state index in [-0.39, 0.29) is 27.3 Å². The molecule has 5 aliphatic rings. The van der Waals surface area contributed by atoms with Gasteiger partial charge >= 0.3 is 191 Å². The van der Waals surface area contributed by atoms with E-state index in [0.29, 0.717) is 11.1 Å². The summed E-state index contributed by atoms with van der Waals surface area (Å²) in [5.41, 5.74) is 1.47. The first-order valence-electron chi connectivity index (χ1n) is 11.8. The van der Waals surface area contributed by atoms with Gasteiger partial charge in [0.15, 0.2) is 0 Å². The van der Waals surface area contributed by atoms with Crippen LogP contribution in [0.4, 0.5) is 4.39 Å². The first-order valence-corrected chi connectivity index (χ1v) is 13.9. The summed E-state index contributed by atoms with van der Waals surface area (Å²) < 4.78 is 19.2. The van der Waals surface area contributed by atoms with Crippen LogP contribution in [0.15, 0.2) is 24.3 Å². The molecule has 1 aromatic carbocycles. The van der Waals surface area contributed by atoms with E-state index in [2.05, 4.69) is 4.90 Å². The molecule has 0 aromatic heterocycles. The number of carbonyl (C=O) groups excluding carboxylic acids is 2. The standard InChI is InChI=1S/C25H33AsFNO3/c1-31-23(30)19-6-8-28(9-7-19)15-22(29)26-25-13-17-10-18(14-25)12-24(11-17,16-25)20-2-4-21(27)5-3-20/h2-5,17-19,26H,6-16H2,1H3/t17-,18+,24?,25?. The molecule has 168 valence electrons. The molecular weight excluding hydrogens is 456 g/mol. The Morgan fingerprint density at radius 2 is 1.74 bits per heavy atom. The third-order valence-corrected chi connectivity index (χ3v) is 11.7. The molecular formula is C25H33AsFNO3. The van der Waals surface area contributed by atoms with Crippen molar-refractivity contribution in [3.63, 3.8) is 0 Å². The van der Waals surface area contributed by atoms with Crippen molar-refractivity contribution in [3.05, 3.63) is 35.6 Å². The van der Waals surface area contributed by atoms with Gasteiger partial charge in [-0.05, 0) is 0 Å². The number of halogens is 1. The van der Waals surface area contributed by atoms with Gasteiger partial charge in [-0.3, -0.25) is 0 Å². The van der Waals surface area contributed by atoms with Gasteiger partial charge in [0.25, 0.3) is 0 Å². The van der Waals surface area contributed by atoms with E-state index in [1.807, 2.05) is 12.1 Å². The number of hydrogen-bond donors (Lipinski definition) is 0. The molecule has 6 heteroatoms. The predicted octanol–water partition coefficient (Wildman–Crippen LogP) is 3.68. The van der Waals surface area contributed by atoms with Gasteiger partial charge in [-0.15, -0.1) is 0 Å². The van der Waals surface area contributed by atoms with Crippen LogP contribution in [0.25, 0.3) is 0 Å². The van der Waals surface area contributed by atoms with Crippen LogP contribution in [-0.4, -0.2) is 57.9 Å². The third kappa shape index (κ3) is 4.25. The Bertz CT molecular complexity index is 835. The van der Waals surface area contributed by atoms with Gasteiger partial charge in [0.05, 0.1) is 0 Å². The van der Waals surface area contributed by atoms with Crippen LogP contribution in [0, 0.1) is 23.6 Å². The molecule has 6 rings (SSSR count). The Morgan fingerprint density at radius 1 is 1.10 bits per heavy atom. The monoisotopic (exact) mass is 489 g/mol. The van der Waals surface area contributed by atoms with Crippen molar-refractivity contribution < 1.29 is 18.7 Å². The van der Waals surface area contributed by atoms with Gasteiger partial charge in [-0.2, -0.15) is 0 Å². The molecule has 0 N–H and O–H groups in total. The molecule has 4 saturated carbocycles. The van der Waals surface area contributed by atoms with Crippen molar-refractivity contribution in [2.45, 2.75) is 61.0 Å². The minimum atomic E-state index is -0.718. The van der Waals surface area contributed by atoms with Crippen LogP contribution in [0.2, 0.25) is 4.20 Å². The summed E-state index contributed by atoms with van der Waals surface area (Å²) in [6, 6.07) is 7.23. The molecule has 4 nitrogen and oxygen atoms in total. The summed E-state index contributed by atoms with van der Waals surface area (Å²) in [5, 5.41) is 0. The molecule has 0 radical (unpaired) electrons. The number of carbonyl (C=O) groups is 2. The number of nitrogens with zero attached hydrogens (tertiary/aromatic N) is 1. The topological polar surface area (TPSA) is 46.6 Å². The van der Waals surface area contributed by atoms with E-state index >= 15 is 0 Å². The summed E-state index contributed by atoms with van der Waals surface area (Å²) in [7, 11) is 1.45. The van der Waals surface area contributed by atoms with E-state index in [9.17, 15) is 14.0 Å². The molecule has 1 saturated heterocycles. The average Bonchev–Trinajstić information content (AvgIpc) is 2.72. The first kappa shape index (κ1) is 21.6. The Labute approximate surface area is 191 Å². The summed E-state index contributed by atoms with van der Waals surface area (Å²) in [4.78, 5) is 27.2. The number of hydrogen-bond acceptors (Lipinski definition) is 4. The van der Waals surface area contributed by atoms with Crippen molar-refractivity contribution in [1.29, 1.82) is 0 Å². The van der Waals surface area contributed by atoms with Gasteiger partial charge in [0.1, 0.15) is 0 Å². The molecule has 3 unspecified atom stereocenters. The van der Waals surface area contributed by atoms with E-state index in [4.69, 9.17) is 4.74 Å². The average molecular weight is 489 g/mol. The van der Waals surface area contributed by atoms with Crippen LogP contribution in [0.1, 0.15) is 56.9 Å². The molecule has 1 heterocycles. The zero-order valence-corrected chi connectivity index (χ0v) is 20.5. The summed E-state index contributed by atoms with van der Waals surface area (Å²) >= 11 is -0.718. The molecule has 5 fully saturated rings. The van der Waals surface area contributed by atoms with Crippen molar-refractivity contribution in [3.8, 4) is 0 Å². The van der Waals surface area contributed by atoms with E-state index < -0.39 is 15.8 Å². The number of piperidine rings is 1. The normalized spacial score (nSPS) is 35.7. The van der Waals surface area contributed by atoms with Crippen molar-refractivity contribution >= 4 is 26.3 Å². The Kier molecular flexibility index (Phi) is 5.79. The molecule has 1 aromatic rings.